The minimum atomic E-state index is -0.903. The van der Waals surface area contributed by atoms with Crippen molar-refractivity contribution in [2.75, 3.05) is 5.75 Å². The molecule has 0 radical (unpaired) electrons. The second-order valence-corrected chi connectivity index (χ2v) is 8.47. The van der Waals surface area contributed by atoms with Gasteiger partial charge in [0, 0.05) is 11.8 Å². The van der Waals surface area contributed by atoms with Crippen molar-refractivity contribution in [1.29, 1.82) is 0 Å². The summed E-state index contributed by atoms with van der Waals surface area (Å²) >= 11 is 1.45. The topological polar surface area (TPSA) is 119 Å². The Balaban J connectivity index is 2.68. The molecule has 24 heavy (non-hydrogen) atoms. The first kappa shape index (κ1) is 20.9. The lowest BCUT2D eigenvalue weighted by Crippen LogP contribution is -2.48. The monoisotopic (exact) mass is 360 g/mol. The fourth-order valence-electron chi connectivity index (χ4n) is 2.49. The Bertz CT molecular complexity index is 491. The highest BCUT2D eigenvalue weighted by molar-refractivity contribution is 8.00. The zero-order chi connectivity index (χ0) is 18.7. The van der Waals surface area contributed by atoms with Gasteiger partial charge in [0.15, 0.2) is 0 Å². The summed E-state index contributed by atoms with van der Waals surface area (Å²) in [6, 6.07) is -0.989. The summed E-state index contributed by atoms with van der Waals surface area (Å²) in [5.41, 5.74) is 5.56. The Morgan fingerprint density at radius 1 is 1.38 bits per heavy atom. The van der Waals surface area contributed by atoms with Gasteiger partial charge in [-0.05, 0) is 40.0 Å². The standard InChI is InChI=1S/C16H28N2O5S/c1-8(12(17)13-18-11(7-24-13)14(20)21)6-10(9(2)19)15(22)23-16(3,4)5/h8,10-13,18H,6-7,17H2,1-5H3,(H,20,21)/t8-,10?,11-,12?,13+/m0/s1. The van der Waals surface area contributed by atoms with Crippen LogP contribution in [0.3, 0.4) is 0 Å². The zero-order valence-electron chi connectivity index (χ0n) is 14.9. The molecule has 0 aliphatic carbocycles. The Morgan fingerprint density at radius 3 is 2.38 bits per heavy atom. The Hall–Kier alpha value is -1.12. The maximum absolute atomic E-state index is 12.2. The number of nitrogens with two attached hydrogens (primary N) is 1. The highest BCUT2D eigenvalue weighted by atomic mass is 32.2. The van der Waals surface area contributed by atoms with E-state index in [1.54, 1.807) is 20.8 Å². The van der Waals surface area contributed by atoms with Crippen molar-refractivity contribution in [2.45, 2.75) is 64.1 Å². The molecule has 0 amide bonds. The third kappa shape index (κ3) is 6.07. The van der Waals surface area contributed by atoms with Gasteiger partial charge in [-0.15, -0.1) is 11.8 Å². The number of carbonyl (C=O) groups excluding carboxylic acids is 2. The van der Waals surface area contributed by atoms with E-state index >= 15 is 0 Å². The largest absolute Gasteiger partial charge is 0.480 e. The van der Waals surface area contributed by atoms with Crippen LogP contribution in [-0.2, 0) is 19.1 Å². The summed E-state index contributed by atoms with van der Waals surface area (Å²) in [5.74, 6) is -2.25. The van der Waals surface area contributed by atoms with Crippen molar-refractivity contribution in [2.24, 2.45) is 17.6 Å². The molecule has 1 aliphatic heterocycles. The zero-order valence-corrected chi connectivity index (χ0v) is 15.7. The molecule has 4 N–H and O–H groups in total. The van der Waals surface area contributed by atoms with Gasteiger partial charge in [-0.25, -0.2) is 0 Å². The number of esters is 1. The molecule has 0 aromatic heterocycles. The van der Waals surface area contributed by atoms with E-state index < -0.39 is 29.5 Å². The van der Waals surface area contributed by atoms with Crippen molar-refractivity contribution < 1.29 is 24.2 Å². The van der Waals surface area contributed by atoms with Gasteiger partial charge in [-0.3, -0.25) is 19.7 Å². The smallest absolute Gasteiger partial charge is 0.321 e. The van der Waals surface area contributed by atoms with Gasteiger partial charge in [-0.1, -0.05) is 6.92 Å². The molecular formula is C16H28N2O5S. The molecule has 5 atom stereocenters. The highest BCUT2D eigenvalue weighted by Gasteiger charge is 2.37. The molecule has 0 spiro atoms. The number of hydrogen-bond acceptors (Lipinski definition) is 7. The molecule has 1 rings (SSSR count). The Labute approximate surface area is 147 Å². The lowest BCUT2D eigenvalue weighted by molar-refractivity contribution is -0.162. The highest BCUT2D eigenvalue weighted by Crippen LogP contribution is 2.28. The van der Waals surface area contributed by atoms with Gasteiger partial charge in [0.25, 0.3) is 0 Å². The number of aliphatic carboxylic acids is 1. The first-order valence-electron chi connectivity index (χ1n) is 8.01. The number of rotatable bonds is 7. The molecule has 8 heteroatoms. The second-order valence-electron chi connectivity index (χ2n) is 7.30. The number of nitrogens with one attached hydrogen (secondary N) is 1. The maximum atomic E-state index is 12.2. The molecular weight excluding hydrogens is 332 g/mol. The number of carboxylic acids is 1. The Kier molecular flexibility index (Phi) is 7.25. The van der Waals surface area contributed by atoms with E-state index in [0.29, 0.717) is 5.75 Å². The van der Waals surface area contributed by atoms with Crippen LogP contribution in [0, 0.1) is 11.8 Å². The van der Waals surface area contributed by atoms with Gasteiger partial charge < -0.3 is 15.6 Å². The molecule has 0 bridgehead atoms. The summed E-state index contributed by atoms with van der Waals surface area (Å²) in [6.07, 6.45) is 0.280. The van der Waals surface area contributed by atoms with Gasteiger partial charge in [0.1, 0.15) is 23.3 Å². The first-order valence-corrected chi connectivity index (χ1v) is 9.06. The van der Waals surface area contributed by atoms with Crippen molar-refractivity contribution in [3.63, 3.8) is 0 Å². The minimum Gasteiger partial charge on any atom is -0.480 e. The average molecular weight is 360 g/mol. The van der Waals surface area contributed by atoms with Crippen LogP contribution in [0.1, 0.15) is 41.0 Å². The van der Waals surface area contributed by atoms with E-state index in [4.69, 9.17) is 15.6 Å². The molecule has 2 unspecified atom stereocenters. The molecule has 7 nitrogen and oxygen atoms in total. The SMILES string of the molecule is CC(=O)C(C[C@H](C)C(N)[C@@H]1N[C@H](C(=O)O)CS1)C(=O)OC(C)(C)C. The van der Waals surface area contributed by atoms with E-state index in [-0.39, 0.29) is 29.5 Å². The van der Waals surface area contributed by atoms with Crippen LogP contribution in [0.15, 0.2) is 0 Å². The number of thioether (sulfide) groups is 1. The summed E-state index contributed by atoms with van der Waals surface area (Å²) in [6.45, 7) is 8.49. The predicted octanol–water partition coefficient (Wildman–Crippen LogP) is 1.00. The molecule has 0 aromatic carbocycles. The van der Waals surface area contributed by atoms with E-state index in [1.165, 1.54) is 18.7 Å². The molecule has 1 heterocycles. The number of ether oxygens (including phenoxy) is 1. The van der Waals surface area contributed by atoms with Crippen LogP contribution in [0.4, 0.5) is 0 Å². The predicted molar refractivity (Wildman–Crippen MR) is 92.6 cm³/mol. The van der Waals surface area contributed by atoms with Gasteiger partial charge in [-0.2, -0.15) is 0 Å². The molecule has 0 aromatic rings. The van der Waals surface area contributed by atoms with Crippen LogP contribution in [0.5, 0.6) is 0 Å². The van der Waals surface area contributed by atoms with E-state index in [1.807, 2.05) is 6.92 Å². The fourth-order valence-corrected chi connectivity index (χ4v) is 3.88. The van der Waals surface area contributed by atoms with Crippen LogP contribution in [0.2, 0.25) is 0 Å². The number of carboxylic acid groups (broad SMARTS) is 1. The number of ketones is 1. The molecule has 1 saturated heterocycles. The number of Topliss-reactive ketones (excluding diaryl/α,β-unsaturated/α-hetero) is 1. The molecule has 0 saturated carbocycles. The van der Waals surface area contributed by atoms with Crippen LogP contribution in [-0.4, -0.2) is 51.6 Å². The van der Waals surface area contributed by atoms with Crippen molar-refractivity contribution in [3.8, 4) is 0 Å². The number of carbonyl (C=O) groups is 3. The normalized spacial score (nSPS) is 24.9. The molecule has 1 fully saturated rings. The summed E-state index contributed by atoms with van der Waals surface area (Å²) in [7, 11) is 0. The van der Waals surface area contributed by atoms with Crippen molar-refractivity contribution in [3.05, 3.63) is 0 Å². The lowest BCUT2D eigenvalue weighted by Gasteiger charge is -2.29. The summed E-state index contributed by atoms with van der Waals surface area (Å²) in [4.78, 5) is 35.1. The van der Waals surface area contributed by atoms with E-state index in [2.05, 4.69) is 5.32 Å². The van der Waals surface area contributed by atoms with Gasteiger partial charge in [0.05, 0.1) is 5.37 Å². The van der Waals surface area contributed by atoms with E-state index in [9.17, 15) is 14.4 Å². The molecule has 138 valence electrons. The summed E-state index contributed by atoms with van der Waals surface area (Å²) in [5, 5.41) is 11.8. The second kappa shape index (κ2) is 8.31. The van der Waals surface area contributed by atoms with Crippen LogP contribution in [0.25, 0.3) is 0 Å². The first-order chi connectivity index (χ1) is 10.9. The van der Waals surface area contributed by atoms with Crippen molar-refractivity contribution in [1.82, 2.24) is 5.32 Å². The Morgan fingerprint density at radius 2 is 1.96 bits per heavy atom. The third-order valence-electron chi connectivity index (χ3n) is 3.90. The quantitative estimate of drug-likeness (QED) is 0.454. The minimum absolute atomic E-state index is 0.149. The van der Waals surface area contributed by atoms with E-state index in [0.717, 1.165) is 0 Å². The maximum Gasteiger partial charge on any atom is 0.321 e. The summed E-state index contributed by atoms with van der Waals surface area (Å²) < 4.78 is 5.32. The van der Waals surface area contributed by atoms with Crippen LogP contribution < -0.4 is 11.1 Å². The van der Waals surface area contributed by atoms with Crippen LogP contribution >= 0.6 is 11.8 Å². The number of hydrogen-bond donors (Lipinski definition) is 3. The van der Waals surface area contributed by atoms with Crippen molar-refractivity contribution >= 4 is 29.5 Å². The lowest BCUT2D eigenvalue weighted by atomic mass is 9.88. The van der Waals surface area contributed by atoms with Gasteiger partial charge in [0.2, 0.25) is 0 Å². The third-order valence-corrected chi connectivity index (χ3v) is 5.24. The average Bonchev–Trinajstić information content (AvgIpc) is 2.90. The van der Waals surface area contributed by atoms with Gasteiger partial charge >= 0.3 is 11.9 Å². The molecule has 1 aliphatic rings. The fraction of sp³-hybridized carbons (Fsp3) is 0.812.